The second-order valence-corrected chi connectivity index (χ2v) is 22.0. The lowest BCUT2D eigenvalue weighted by Gasteiger charge is -2.18. The first kappa shape index (κ1) is 72.8. The summed E-state index contributed by atoms with van der Waals surface area (Å²) in [5, 5.41) is 0. The molecule has 0 aliphatic rings. The molecule has 440 valence electrons. The minimum Gasteiger partial charge on any atom is -0.462 e. The quantitative estimate of drug-likeness (QED) is 0.0261. The number of unbranched alkanes of at least 4 members (excludes halogenated alkanes) is 37. The first-order valence-electron chi connectivity index (χ1n) is 32.9. The van der Waals surface area contributed by atoms with Gasteiger partial charge >= 0.3 is 17.9 Å². The van der Waals surface area contributed by atoms with Crippen LogP contribution < -0.4 is 0 Å². The lowest BCUT2D eigenvalue weighted by atomic mass is 10.0. The van der Waals surface area contributed by atoms with E-state index in [1.807, 2.05) is 0 Å². The van der Waals surface area contributed by atoms with E-state index < -0.39 is 6.10 Å². The van der Waals surface area contributed by atoms with E-state index in [9.17, 15) is 14.4 Å². The molecule has 0 aromatic carbocycles. The van der Waals surface area contributed by atoms with Crippen LogP contribution in [0.1, 0.15) is 335 Å². The third kappa shape index (κ3) is 61.7. The maximum absolute atomic E-state index is 12.9. The smallest absolute Gasteiger partial charge is 0.306 e. The summed E-state index contributed by atoms with van der Waals surface area (Å²) < 4.78 is 16.9. The number of carbonyl (C=O) groups is 3. The Morgan fingerprint density at radius 1 is 0.276 bits per heavy atom. The summed E-state index contributed by atoms with van der Waals surface area (Å²) in [6.07, 6.45) is 83.6. The van der Waals surface area contributed by atoms with E-state index in [0.29, 0.717) is 19.3 Å². The van der Waals surface area contributed by atoms with Crippen LogP contribution in [0.3, 0.4) is 0 Å². The SMILES string of the molecule is CC/C=C\C/C=C\C/C=C\C/C=C\CCCCCCC(=O)OC(COC(=O)CCCCCCCCCCCC)COC(=O)CCCCCCCCCCCCCCCCCCCCC/C=C\C/C=C\CCCCCCC. The number of hydrogen-bond donors (Lipinski definition) is 0. The van der Waals surface area contributed by atoms with Crippen LogP contribution >= 0.6 is 0 Å². The van der Waals surface area contributed by atoms with Crippen LogP contribution in [0.25, 0.3) is 0 Å². The molecule has 0 saturated heterocycles. The predicted molar refractivity (Wildman–Crippen MR) is 330 cm³/mol. The van der Waals surface area contributed by atoms with Gasteiger partial charge in [-0.2, -0.15) is 0 Å². The zero-order valence-corrected chi connectivity index (χ0v) is 50.5. The summed E-state index contributed by atoms with van der Waals surface area (Å²) in [4.78, 5) is 38.2. The summed E-state index contributed by atoms with van der Waals surface area (Å²) in [5.41, 5.74) is 0. The van der Waals surface area contributed by atoms with Crippen LogP contribution in [0.4, 0.5) is 0 Å². The number of esters is 3. The van der Waals surface area contributed by atoms with Crippen LogP contribution in [0, 0.1) is 0 Å². The van der Waals surface area contributed by atoms with Crippen molar-refractivity contribution in [2.24, 2.45) is 0 Å². The molecule has 1 atom stereocenters. The Hall–Kier alpha value is -3.15. The Bertz CT molecular complexity index is 1400. The fraction of sp³-hybridized carbons (Fsp3) is 0.786. The van der Waals surface area contributed by atoms with Crippen molar-refractivity contribution in [1.29, 1.82) is 0 Å². The third-order valence-corrected chi connectivity index (χ3v) is 14.4. The van der Waals surface area contributed by atoms with Crippen molar-refractivity contribution in [1.82, 2.24) is 0 Å². The summed E-state index contributed by atoms with van der Waals surface area (Å²) in [5.74, 6) is -0.892. The molecule has 0 radical (unpaired) electrons. The molecular formula is C70H124O6. The van der Waals surface area contributed by atoms with Gasteiger partial charge in [0.15, 0.2) is 6.10 Å². The molecule has 0 bridgehead atoms. The van der Waals surface area contributed by atoms with Crippen molar-refractivity contribution < 1.29 is 28.6 Å². The number of allylic oxidation sites excluding steroid dienone is 12. The Balaban J connectivity index is 4.13. The zero-order chi connectivity index (χ0) is 55.0. The molecule has 0 fully saturated rings. The molecule has 0 aromatic heterocycles. The second kappa shape index (κ2) is 64.4. The number of hydrogen-bond acceptors (Lipinski definition) is 6. The Morgan fingerprint density at radius 2 is 0.513 bits per heavy atom. The van der Waals surface area contributed by atoms with E-state index in [0.717, 1.165) is 103 Å². The van der Waals surface area contributed by atoms with Crippen molar-refractivity contribution in [3.63, 3.8) is 0 Å². The lowest BCUT2D eigenvalue weighted by molar-refractivity contribution is -0.167. The summed E-state index contributed by atoms with van der Waals surface area (Å²) in [6, 6.07) is 0. The van der Waals surface area contributed by atoms with Gasteiger partial charge in [-0.1, -0.05) is 299 Å². The molecule has 0 saturated carbocycles. The first-order valence-corrected chi connectivity index (χ1v) is 32.9. The standard InChI is InChI=1S/C70H124O6/c1-4-7-10-13-16-19-22-24-26-28-29-30-31-32-33-34-35-36-37-38-39-40-41-43-44-46-48-51-54-57-60-63-69(72)75-66-67(65-74-68(71)62-59-56-53-50-21-18-15-12-9-6-3)76-70(73)64-61-58-55-52-49-47-45-42-27-25-23-20-17-14-11-8-5-2/h8,11,17,20,22,24-25,27-29,45,47,67H,4-7,9-10,12-16,18-19,21,23,26,30-44,46,48-66H2,1-3H3/b11-8-,20-17-,24-22-,27-25-,29-28-,47-45-. The van der Waals surface area contributed by atoms with Crippen molar-refractivity contribution in [2.45, 2.75) is 341 Å². The minimum atomic E-state index is -0.785. The van der Waals surface area contributed by atoms with Gasteiger partial charge in [0.25, 0.3) is 0 Å². The molecule has 0 aromatic rings. The van der Waals surface area contributed by atoms with Crippen LogP contribution in [-0.2, 0) is 28.6 Å². The van der Waals surface area contributed by atoms with E-state index in [4.69, 9.17) is 14.2 Å². The van der Waals surface area contributed by atoms with Gasteiger partial charge in [-0.3, -0.25) is 14.4 Å². The van der Waals surface area contributed by atoms with E-state index in [1.165, 1.54) is 193 Å². The summed E-state index contributed by atoms with van der Waals surface area (Å²) >= 11 is 0. The van der Waals surface area contributed by atoms with Crippen molar-refractivity contribution in [3.8, 4) is 0 Å². The monoisotopic (exact) mass is 1060 g/mol. The van der Waals surface area contributed by atoms with Gasteiger partial charge in [-0.15, -0.1) is 0 Å². The average Bonchev–Trinajstić information content (AvgIpc) is 3.42. The molecule has 0 aliphatic heterocycles. The van der Waals surface area contributed by atoms with E-state index in [1.54, 1.807) is 0 Å². The predicted octanol–water partition coefficient (Wildman–Crippen LogP) is 22.5. The molecule has 6 nitrogen and oxygen atoms in total. The molecule has 76 heavy (non-hydrogen) atoms. The highest BCUT2D eigenvalue weighted by Gasteiger charge is 2.19. The molecule has 0 N–H and O–H groups in total. The normalized spacial score (nSPS) is 12.5. The maximum atomic E-state index is 12.9. The molecule has 1 unspecified atom stereocenters. The van der Waals surface area contributed by atoms with Crippen molar-refractivity contribution in [3.05, 3.63) is 72.9 Å². The summed E-state index contributed by atoms with van der Waals surface area (Å²) in [6.45, 7) is 6.52. The highest BCUT2D eigenvalue weighted by Crippen LogP contribution is 2.17. The highest BCUT2D eigenvalue weighted by atomic mass is 16.6. The molecule has 6 heteroatoms. The molecule has 0 aliphatic carbocycles. The number of carbonyl (C=O) groups excluding carboxylic acids is 3. The number of rotatable bonds is 60. The first-order chi connectivity index (χ1) is 37.5. The molecule has 0 rings (SSSR count). The van der Waals surface area contributed by atoms with Gasteiger partial charge < -0.3 is 14.2 Å². The third-order valence-electron chi connectivity index (χ3n) is 14.4. The van der Waals surface area contributed by atoms with Crippen LogP contribution in [0.15, 0.2) is 72.9 Å². The minimum absolute atomic E-state index is 0.0816. The van der Waals surface area contributed by atoms with Crippen LogP contribution in [0.5, 0.6) is 0 Å². The van der Waals surface area contributed by atoms with Crippen molar-refractivity contribution in [2.75, 3.05) is 13.2 Å². The van der Waals surface area contributed by atoms with E-state index in [2.05, 4.69) is 93.7 Å². The van der Waals surface area contributed by atoms with E-state index in [-0.39, 0.29) is 31.1 Å². The fourth-order valence-electron chi connectivity index (χ4n) is 9.53. The van der Waals surface area contributed by atoms with Gasteiger partial charge in [-0.25, -0.2) is 0 Å². The second-order valence-electron chi connectivity index (χ2n) is 22.0. The van der Waals surface area contributed by atoms with Crippen molar-refractivity contribution >= 4 is 17.9 Å². The molecular weight excluding hydrogens is 937 g/mol. The highest BCUT2D eigenvalue weighted by molar-refractivity contribution is 5.71. The maximum Gasteiger partial charge on any atom is 0.306 e. The zero-order valence-electron chi connectivity index (χ0n) is 50.5. The van der Waals surface area contributed by atoms with Crippen LogP contribution in [-0.4, -0.2) is 37.2 Å². The van der Waals surface area contributed by atoms with Gasteiger partial charge in [0.2, 0.25) is 0 Å². The van der Waals surface area contributed by atoms with Crippen LogP contribution in [0.2, 0.25) is 0 Å². The van der Waals surface area contributed by atoms with Gasteiger partial charge in [0.05, 0.1) is 0 Å². The Kier molecular flexibility index (Phi) is 61.7. The molecule has 0 heterocycles. The van der Waals surface area contributed by atoms with Gasteiger partial charge in [0, 0.05) is 19.3 Å². The molecule has 0 spiro atoms. The van der Waals surface area contributed by atoms with E-state index >= 15 is 0 Å². The van der Waals surface area contributed by atoms with Gasteiger partial charge in [-0.05, 0) is 89.9 Å². The largest absolute Gasteiger partial charge is 0.462 e. The lowest BCUT2D eigenvalue weighted by Crippen LogP contribution is -2.30. The topological polar surface area (TPSA) is 78.9 Å². The average molecular weight is 1060 g/mol. The Morgan fingerprint density at radius 3 is 0.803 bits per heavy atom. The fourth-order valence-corrected chi connectivity index (χ4v) is 9.53. The summed E-state index contributed by atoms with van der Waals surface area (Å²) in [7, 11) is 0. The molecule has 0 amide bonds. The number of ether oxygens (including phenoxy) is 3. The van der Waals surface area contributed by atoms with Gasteiger partial charge in [0.1, 0.15) is 13.2 Å². The Labute approximate surface area is 472 Å².